The summed E-state index contributed by atoms with van der Waals surface area (Å²) in [5.41, 5.74) is 1.81. The number of carbonyl (C=O) groups is 2. The van der Waals surface area contributed by atoms with E-state index in [0.717, 1.165) is 11.1 Å². The number of benzene rings is 3. The van der Waals surface area contributed by atoms with E-state index in [1.165, 1.54) is 17.0 Å². The second kappa shape index (κ2) is 10.9. The number of carbonyl (C=O) groups excluding carboxylic acids is 2. The Hall–Kier alpha value is -3.67. The molecule has 6 heteroatoms. The van der Waals surface area contributed by atoms with Crippen LogP contribution in [0.2, 0.25) is 0 Å². The second-order valence-electron chi connectivity index (χ2n) is 7.05. The van der Waals surface area contributed by atoms with Gasteiger partial charge in [-0.2, -0.15) is 0 Å². The first-order valence-electron chi connectivity index (χ1n) is 10.0. The van der Waals surface area contributed by atoms with Gasteiger partial charge in [0.05, 0.1) is 0 Å². The van der Waals surface area contributed by atoms with Gasteiger partial charge >= 0.3 is 0 Å². The van der Waals surface area contributed by atoms with Crippen molar-refractivity contribution in [2.24, 2.45) is 0 Å². The smallest absolute Gasteiger partial charge is 0.261 e. The quantitative estimate of drug-likeness (QED) is 0.576. The summed E-state index contributed by atoms with van der Waals surface area (Å²) in [5.74, 6) is -1.23. The molecule has 0 aromatic heterocycles. The molecule has 3 aromatic rings. The molecule has 0 spiro atoms. The highest BCUT2D eigenvalue weighted by Crippen LogP contribution is 2.18. The molecule has 0 bridgehead atoms. The molecule has 1 N–H and O–H groups in total. The predicted octanol–water partition coefficient (Wildman–Crippen LogP) is 3.59. The van der Waals surface area contributed by atoms with Crippen LogP contribution in [0.25, 0.3) is 0 Å². The fourth-order valence-corrected chi connectivity index (χ4v) is 3.28. The van der Waals surface area contributed by atoms with Gasteiger partial charge in [-0.1, -0.05) is 72.8 Å². The minimum atomic E-state index is -0.746. The van der Waals surface area contributed by atoms with Crippen LogP contribution in [0.4, 0.5) is 4.39 Å². The molecule has 0 fully saturated rings. The van der Waals surface area contributed by atoms with Crippen molar-refractivity contribution in [3.8, 4) is 5.75 Å². The zero-order chi connectivity index (χ0) is 22.1. The van der Waals surface area contributed by atoms with Crippen LogP contribution in [0, 0.1) is 5.82 Å². The van der Waals surface area contributed by atoms with Crippen LogP contribution in [0.5, 0.6) is 5.75 Å². The molecule has 160 valence electrons. The van der Waals surface area contributed by atoms with Gasteiger partial charge in [0.2, 0.25) is 5.91 Å². The molecule has 2 amide bonds. The predicted molar refractivity (Wildman–Crippen MR) is 117 cm³/mol. The van der Waals surface area contributed by atoms with E-state index in [0.29, 0.717) is 6.42 Å². The van der Waals surface area contributed by atoms with Crippen LogP contribution in [0.3, 0.4) is 0 Å². The average Bonchev–Trinajstić information content (AvgIpc) is 2.81. The van der Waals surface area contributed by atoms with E-state index >= 15 is 0 Å². The third-order valence-corrected chi connectivity index (χ3v) is 4.90. The maximum atomic E-state index is 13.9. The van der Waals surface area contributed by atoms with Gasteiger partial charge in [-0.3, -0.25) is 9.59 Å². The summed E-state index contributed by atoms with van der Waals surface area (Å²) in [6, 6.07) is 24.1. The largest absolute Gasteiger partial charge is 0.481 e. The minimum Gasteiger partial charge on any atom is -0.481 e. The third-order valence-electron chi connectivity index (χ3n) is 4.90. The summed E-state index contributed by atoms with van der Waals surface area (Å²) in [6.45, 7) is -0.152. The monoisotopic (exact) mass is 420 g/mol. The van der Waals surface area contributed by atoms with E-state index in [2.05, 4.69) is 5.32 Å². The van der Waals surface area contributed by atoms with Crippen LogP contribution in [0.15, 0.2) is 84.9 Å². The van der Waals surface area contributed by atoms with Crippen molar-refractivity contribution in [1.29, 1.82) is 0 Å². The molecule has 0 aliphatic rings. The Morgan fingerprint density at radius 3 is 2.10 bits per heavy atom. The molecule has 0 saturated carbocycles. The topological polar surface area (TPSA) is 58.6 Å². The standard InChI is InChI=1S/C25H25FN2O3/c1-27-25(30)22(16-19-10-4-2-5-11-19)28(17-20-12-6-3-7-13-20)24(29)18-31-23-15-9-8-14-21(23)26/h2-15,22H,16-18H2,1H3,(H,27,30)/t22-/m1/s1. The molecule has 0 aliphatic carbocycles. The number of hydrogen-bond donors (Lipinski definition) is 1. The van der Waals surface area contributed by atoms with Crippen LogP contribution >= 0.6 is 0 Å². The Bertz CT molecular complexity index is 996. The zero-order valence-corrected chi connectivity index (χ0v) is 17.3. The van der Waals surface area contributed by atoms with Crippen molar-refractivity contribution in [3.63, 3.8) is 0 Å². The van der Waals surface area contributed by atoms with Crippen molar-refractivity contribution in [1.82, 2.24) is 10.2 Å². The Labute approximate surface area is 181 Å². The van der Waals surface area contributed by atoms with Crippen LogP contribution < -0.4 is 10.1 Å². The lowest BCUT2D eigenvalue weighted by molar-refractivity contribution is -0.142. The van der Waals surface area contributed by atoms with Gasteiger partial charge in [0.1, 0.15) is 6.04 Å². The number of hydrogen-bond acceptors (Lipinski definition) is 3. The van der Waals surface area contributed by atoms with Gasteiger partial charge in [-0.15, -0.1) is 0 Å². The number of para-hydroxylation sites is 1. The SMILES string of the molecule is CNC(=O)[C@@H](Cc1ccccc1)N(Cc1ccccc1)C(=O)COc1ccccc1F. The highest BCUT2D eigenvalue weighted by atomic mass is 19.1. The Morgan fingerprint density at radius 2 is 1.48 bits per heavy atom. The first kappa shape index (κ1) is 22.0. The molecule has 3 rings (SSSR count). The van der Waals surface area contributed by atoms with Crippen molar-refractivity contribution in [2.75, 3.05) is 13.7 Å². The van der Waals surface area contributed by atoms with Gasteiger partial charge in [0, 0.05) is 20.0 Å². The van der Waals surface area contributed by atoms with E-state index in [1.54, 1.807) is 19.2 Å². The lowest BCUT2D eigenvalue weighted by Gasteiger charge is -2.31. The summed E-state index contributed by atoms with van der Waals surface area (Å²) in [6.07, 6.45) is 0.346. The molecule has 0 saturated heterocycles. The summed E-state index contributed by atoms with van der Waals surface area (Å²) >= 11 is 0. The average molecular weight is 420 g/mol. The number of nitrogens with zero attached hydrogens (tertiary/aromatic N) is 1. The molecule has 0 radical (unpaired) electrons. The summed E-state index contributed by atoms with van der Waals surface area (Å²) in [7, 11) is 1.54. The Balaban J connectivity index is 1.86. The number of nitrogens with one attached hydrogen (secondary N) is 1. The van der Waals surface area contributed by atoms with Crippen LogP contribution in [-0.2, 0) is 22.6 Å². The zero-order valence-electron chi connectivity index (χ0n) is 17.3. The van der Waals surface area contributed by atoms with Crippen molar-refractivity contribution in [2.45, 2.75) is 19.0 Å². The number of ether oxygens (including phenoxy) is 1. The minimum absolute atomic E-state index is 0.00457. The van der Waals surface area contributed by atoms with E-state index in [1.807, 2.05) is 60.7 Å². The molecule has 0 unspecified atom stereocenters. The second-order valence-corrected chi connectivity index (χ2v) is 7.05. The lowest BCUT2D eigenvalue weighted by atomic mass is 10.0. The number of likely N-dealkylation sites (N-methyl/N-ethyl adjacent to an activating group) is 1. The Morgan fingerprint density at radius 1 is 0.903 bits per heavy atom. The van der Waals surface area contributed by atoms with Gasteiger partial charge in [-0.05, 0) is 23.3 Å². The molecule has 0 heterocycles. The highest BCUT2D eigenvalue weighted by Gasteiger charge is 2.30. The fourth-order valence-electron chi connectivity index (χ4n) is 3.28. The number of halogens is 1. The molecular weight excluding hydrogens is 395 g/mol. The maximum Gasteiger partial charge on any atom is 0.261 e. The van der Waals surface area contributed by atoms with Gasteiger partial charge in [0.15, 0.2) is 18.2 Å². The van der Waals surface area contributed by atoms with Gasteiger partial charge in [0.25, 0.3) is 5.91 Å². The summed E-state index contributed by atoms with van der Waals surface area (Å²) in [5, 5.41) is 2.66. The van der Waals surface area contributed by atoms with Gasteiger partial charge in [-0.25, -0.2) is 4.39 Å². The molecule has 31 heavy (non-hydrogen) atoms. The highest BCUT2D eigenvalue weighted by molar-refractivity contribution is 5.88. The number of amides is 2. The molecule has 0 aliphatic heterocycles. The third kappa shape index (κ3) is 6.15. The van der Waals surface area contributed by atoms with E-state index < -0.39 is 17.8 Å². The van der Waals surface area contributed by atoms with Gasteiger partial charge < -0.3 is 15.0 Å². The molecule has 1 atom stereocenters. The van der Waals surface area contributed by atoms with Crippen LogP contribution in [-0.4, -0.2) is 36.4 Å². The summed E-state index contributed by atoms with van der Waals surface area (Å²) in [4.78, 5) is 27.4. The summed E-state index contributed by atoms with van der Waals surface area (Å²) < 4.78 is 19.3. The van der Waals surface area contributed by atoms with E-state index in [-0.39, 0.29) is 24.8 Å². The Kier molecular flexibility index (Phi) is 7.76. The first-order chi connectivity index (χ1) is 15.1. The van der Waals surface area contributed by atoms with Crippen molar-refractivity contribution in [3.05, 3.63) is 102 Å². The van der Waals surface area contributed by atoms with E-state index in [9.17, 15) is 14.0 Å². The van der Waals surface area contributed by atoms with Crippen LogP contribution in [0.1, 0.15) is 11.1 Å². The lowest BCUT2D eigenvalue weighted by Crippen LogP contribution is -2.51. The normalized spacial score (nSPS) is 11.4. The first-order valence-corrected chi connectivity index (χ1v) is 10.0. The number of rotatable bonds is 9. The van der Waals surface area contributed by atoms with E-state index in [4.69, 9.17) is 4.74 Å². The van der Waals surface area contributed by atoms with Crippen molar-refractivity contribution < 1.29 is 18.7 Å². The molecule has 3 aromatic carbocycles. The fraction of sp³-hybridized carbons (Fsp3) is 0.200. The van der Waals surface area contributed by atoms with Crippen molar-refractivity contribution >= 4 is 11.8 Å². The molecular formula is C25H25FN2O3. The molecule has 5 nitrogen and oxygen atoms in total. The maximum absolute atomic E-state index is 13.9.